The van der Waals surface area contributed by atoms with Crippen LogP contribution in [0, 0.1) is 5.92 Å². The van der Waals surface area contributed by atoms with Crippen LogP contribution < -0.4 is 10.1 Å². The molecule has 0 aromatic heterocycles. The Bertz CT molecular complexity index is 461. The molecule has 0 aliphatic heterocycles. The first kappa shape index (κ1) is 14.5. The number of carboxylic acid groups (broad SMARTS) is 1. The fourth-order valence-corrected chi connectivity index (χ4v) is 1.71. The number of amides is 1. The van der Waals surface area contributed by atoms with Gasteiger partial charge >= 0.3 is 5.97 Å². The van der Waals surface area contributed by atoms with E-state index < -0.39 is 11.9 Å². The van der Waals surface area contributed by atoms with Gasteiger partial charge in [-0.05, 0) is 18.2 Å². The highest BCUT2D eigenvalue weighted by Crippen LogP contribution is 2.28. The molecule has 0 heterocycles. The van der Waals surface area contributed by atoms with Crippen LogP contribution in [0.1, 0.15) is 13.3 Å². The molecule has 1 amide bonds. The summed E-state index contributed by atoms with van der Waals surface area (Å²) in [5.41, 5.74) is 0.509. The van der Waals surface area contributed by atoms with Crippen molar-refractivity contribution >= 4 is 33.5 Å². The van der Waals surface area contributed by atoms with Gasteiger partial charge < -0.3 is 15.2 Å². The number of methoxy groups -OCH3 is 1. The molecule has 0 saturated carbocycles. The van der Waals surface area contributed by atoms with Gasteiger partial charge in [0.25, 0.3) is 0 Å². The zero-order chi connectivity index (χ0) is 13.7. The number of hydrogen-bond donors (Lipinski definition) is 2. The predicted octanol–water partition coefficient (Wildman–Crippen LogP) is 2.51. The number of rotatable bonds is 5. The van der Waals surface area contributed by atoms with Crippen molar-refractivity contribution in [2.75, 3.05) is 12.4 Å². The van der Waals surface area contributed by atoms with Gasteiger partial charge in [0.1, 0.15) is 5.75 Å². The van der Waals surface area contributed by atoms with Gasteiger partial charge in [-0.2, -0.15) is 0 Å². The third kappa shape index (κ3) is 4.03. The van der Waals surface area contributed by atoms with Crippen molar-refractivity contribution in [1.29, 1.82) is 0 Å². The summed E-state index contributed by atoms with van der Waals surface area (Å²) < 4.78 is 5.90. The van der Waals surface area contributed by atoms with Gasteiger partial charge in [0, 0.05) is 10.9 Å². The Morgan fingerprint density at radius 3 is 2.72 bits per heavy atom. The summed E-state index contributed by atoms with van der Waals surface area (Å²) in [5.74, 6) is -1.55. The molecule has 0 aliphatic carbocycles. The summed E-state index contributed by atoms with van der Waals surface area (Å²) in [6.07, 6.45) is -0.0784. The maximum Gasteiger partial charge on any atom is 0.306 e. The summed E-state index contributed by atoms with van der Waals surface area (Å²) in [4.78, 5) is 22.3. The number of carbonyl (C=O) groups is 2. The normalized spacial score (nSPS) is 11.7. The van der Waals surface area contributed by atoms with E-state index in [2.05, 4.69) is 21.2 Å². The standard InChI is InChI=1S/C12H14BrNO4/c1-7(12(16)17)5-11(15)14-9-6-8(13)3-4-10(9)18-2/h3-4,6-7H,5H2,1-2H3,(H,14,15)(H,16,17). The second-order valence-electron chi connectivity index (χ2n) is 3.84. The van der Waals surface area contributed by atoms with E-state index in [0.29, 0.717) is 11.4 Å². The Morgan fingerprint density at radius 1 is 1.50 bits per heavy atom. The zero-order valence-corrected chi connectivity index (χ0v) is 11.7. The number of benzene rings is 1. The molecule has 0 fully saturated rings. The van der Waals surface area contributed by atoms with Crippen LogP contribution in [0.3, 0.4) is 0 Å². The predicted molar refractivity (Wildman–Crippen MR) is 70.7 cm³/mol. The molecule has 1 aromatic rings. The molecule has 1 atom stereocenters. The third-order valence-corrected chi connectivity index (χ3v) is 2.84. The number of hydrogen-bond acceptors (Lipinski definition) is 3. The summed E-state index contributed by atoms with van der Waals surface area (Å²) in [6.45, 7) is 1.49. The molecule has 98 valence electrons. The molecule has 1 rings (SSSR count). The molecule has 0 radical (unpaired) electrons. The summed E-state index contributed by atoms with van der Waals surface area (Å²) in [6, 6.07) is 5.19. The Kier molecular flexibility index (Phi) is 5.15. The van der Waals surface area contributed by atoms with Crippen molar-refractivity contribution in [2.45, 2.75) is 13.3 Å². The molecular weight excluding hydrogens is 302 g/mol. The van der Waals surface area contributed by atoms with Crippen molar-refractivity contribution < 1.29 is 19.4 Å². The minimum absolute atomic E-state index is 0.0784. The number of carbonyl (C=O) groups excluding carboxylic acids is 1. The lowest BCUT2D eigenvalue weighted by Crippen LogP contribution is -2.20. The molecule has 1 unspecified atom stereocenters. The fraction of sp³-hybridized carbons (Fsp3) is 0.333. The van der Waals surface area contributed by atoms with Crippen molar-refractivity contribution in [3.8, 4) is 5.75 Å². The molecule has 5 nitrogen and oxygen atoms in total. The van der Waals surface area contributed by atoms with Crippen molar-refractivity contribution in [2.24, 2.45) is 5.92 Å². The van der Waals surface area contributed by atoms with Crippen molar-refractivity contribution in [3.63, 3.8) is 0 Å². The molecule has 2 N–H and O–H groups in total. The second kappa shape index (κ2) is 6.39. The van der Waals surface area contributed by atoms with E-state index in [-0.39, 0.29) is 12.3 Å². The Labute approximate surface area is 113 Å². The minimum atomic E-state index is -0.994. The largest absolute Gasteiger partial charge is 0.495 e. The SMILES string of the molecule is COc1ccc(Br)cc1NC(=O)CC(C)C(=O)O. The summed E-state index contributed by atoms with van der Waals surface area (Å²) in [7, 11) is 1.50. The molecule has 18 heavy (non-hydrogen) atoms. The molecule has 0 bridgehead atoms. The van der Waals surface area contributed by atoms with Crippen LogP contribution in [0.5, 0.6) is 5.75 Å². The van der Waals surface area contributed by atoms with Crippen molar-refractivity contribution in [3.05, 3.63) is 22.7 Å². The number of carboxylic acids is 1. The Balaban J connectivity index is 2.75. The molecule has 0 spiro atoms. The molecule has 6 heteroatoms. The van der Waals surface area contributed by atoms with Crippen LogP contribution in [-0.2, 0) is 9.59 Å². The van der Waals surface area contributed by atoms with Crippen molar-refractivity contribution in [1.82, 2.24) is 0 Å². The van der Waals surface area contributed by atoms with Gasteiger partial charge in [-0.25, -0.2) is 0 Å². The quantitative estimate of drug-likeness (QED) is 0.875. The molecule has 1 aromatic carbocycles. The lowest BCUT2D eigenvalue weighted by molar-refractivity contribution is -0.142. The highest BCUT2D eigenvalue weighted by atomic mass is 79.9. The van der Waals surface area contributed by atoms with Crippen LogP contribution in [-0.4, -0.2) is 24.1 Å². The maximum absolute atomic E-state index is 11.7. The molecule has 0 saturated heterocycles. The van der Waals surface area contributed by atoms with E-state index in [1.165, 1.54) is 14.0 Å². The van der Waals surface area contributed by atoms with Gasteiger partial charge in [0.15, 0.2) is 0 Å². The van der Waals surface area contributed by atoms with Gasteiger partial charge in [-0.1, -0.05) is 22.9 Å². The van der Waals surface area contributed by atoms with Gasteiger partial charge in [0.2, 0.25) is 5.91 Å². The lowest BCUT2D eigenvalue weighted by Gasteiger charge is -2.11. The number of anilines is 1. The van der Waals surface area contributed by atoms with Crippen LogP contribution in [0.4, 0.5) is 5.69 Å². The lowest BCUT2D eigenvalue weighted by atomic mass is 10.1. The Hall–Kier alpha value is -1.56. The first-order valence-electron chi connectivity index (χ1n) is 5.30. The number of halogens is 1. The summed E-state index contributed by atoms with van der Waals surface area (Å²) >= 11 is 3.29. The maximum atomic E-state index is 11.7. The summed E-state index contributed by atoms with van der Waals surface area (Å²) in [5, 5.41) is 11.4. The third-order valence-electron chi connectivity index (χ3n) is 2.35. The number of nitrogens with one attached hydrogen (secondary N) is 1. The molecular formula is C12H14BrNO4. The first-order valence-corrected chi connectivity index (χ1v) is 6.09. The van der Waals surface area contributed by atoms with Gasteiger partial charge in [-0.3, -0.25) is 9.59 Å². The monoisotopic (exact) mass is 315 g/mol. The van der Waals surface area contributed by atoms with Crippen LogP contribution >= 0.6 is 15.9 Å². The second-order valence-corrected chi connectivity index (χ2v) is 4.75. The number of ether oxygens (including phenoxy) is 1. The number of aliphatic carboxylic acids is 1. The topological polar surface area (TPSA) is 75.6 Å². The highest BCUT2D eigenvalue weighted by molar-refractivity contribution is 9.10. The van der Waals surface area contributed by atoms with Crippen LogP contribution in [0.15, 0.2) is 22.7 Å². The van der Waals surface area contributed by atoms with E-state index >= 15 is 0 Å². The van der Waals surface area contributed by atoms with Gasteiger partial charge in [-0.15, -0.1) is 0 Å². The van der Waals surface area contributed by atoms with Gasteiger partial charge in [0.05, 0.1) is 18.7 Å². The first-order chi connectivity index (χ1) is 8.43. The smallest absolute Gasteiger partial charge is 0.306 e. The van der Waals surface area contributed by atoms with E-state index in [1.807, 2.05) is 0 Å². The van der Waals surface area contributed by atoms with E-state index in [1.54, 1.807) is 18.2 Å². The van der Waals surface area contributed by atoms with E-state index in [0.717, 1.165) is 4.47 Å². The van der Waals surface area contributed by atoms with Crippen LogP contribution in [0.25, 0.3) is 0 Å². The van der Waals surface area contributed by atoms with E-state index in [9.17, 15) is 9.59 Å². The average Bonchev–Trinajstić information content (AvgIpc) is 2.28. The zero-order valence-electron chi connectivity index (χ0n) is 10.1. The van der Waals surface area contributed by atoms with Crippen LogP contribution in [0.2, 0.25) is 0 Å². The Morgan fingerprint density at radius 2 is 2.17 bits per heavy atom. The van der Waals surface area contributed by atoms with E-state index in [4.69, 9.17) is 9.84 Å². The average molecular weight is 316 g/mol. The highest BCUT2D eigenvalue weighted by Gasteiger charge is 2.16. The minimum Gasteiger partial charge on any atom is -0.495 e. The fourth-order valence-electron chi connectivity index (χ4n) is 1.34. The molecule has 0 aliphatic rings.